The lowest BCUT2D eigenvalue weighted by molar-refractivity contribution is -0.121. The number of nitrogens with one attached hydrogen (secondary N) is 2. The van der Waals surface area contributed by atoms with Gasteiger partial charge in [0, 0.05) is 36.2 Å². The fourth-order valence-corrected chi connectivity index (χ4v) is 4.99. The van der Waals surface area contributed by atoms with Crippen molar-refractivity contribution in [2.75, 3.05) is 30.3 Å². The molecule has 2 heterocycles. The van der Waals surface area contributed by atoms with Gasteiger partial charge < -0.3 is 20.1 Å². The highest BCUT2D eigenvalue weighted by atomic mass is 16.7. The zero-order valence-electron chi connectivity index (χ0n) is 18.8. The van der Waals surface area contributed by atoms with Crippen LogP contribution in [0, 0.1) is 5.92 Å². The maximum Gasteiger partial charge on any atom is 0.251 e. The van der Waals surface area contributed by atoms with Crippen molar-refractivity contribution in [2.24, 2.45) is 5.92 Å². The van der Waals surface area contributed by atoms with Crippen molar-refractivity contribution in [3.8, 4) is 11.5 Å². The molecule has 2 fully saturated rings. The zero-order valence-corrected chi connectivity index (χ0v) is 18.8. The van der Waals surface area contributed by atoms with E-state index in [1.165, 1.54) is 6.42 Å². The molecule has 0 unspecified atom stereocenters. The van der Waals surface area contributed by atoms with Crippen LogP contribution in [0.1, 0.15) is 44.9 Å². The predicted octanol–water partition coefficient (Wildman–Crippen LogP) is 4.41. The monoisotopic (exact) mass is 449 g/mol. The van der Waals surface area contributed by atoms with Crippen LogP contribution in [-0.4, -0.2) is 42.1 Å². The Morgan fingerprint density at radius 1 is 0.879 bits per heavy atom. The summed E-state index contributed by atoms with van der Waals surface area (Å²) in [6.07, 6.45) is 6.76. The average molecular weight is 450 g/mol. The summed E-state index contributed by atoms with van der Waals surface area (Å²) in [5.41, 5.74) is 1.54. The molecule has 1 spiro atoms. The van der Waals surface area contributed by atoms with Crippen molar-refractivity contribution >= 4 is 23.2 Å². The van der Waals surface area contributed by atoms with Gasteiger partial charge in [-0.2, -0.15) is 0 Å². The maximum atomic E-state index is 12.6. The molecule has 2 aliphatic heterocycles. The second-order valence-corrected chi connectivity index (χ2v) is 9.29. The molecule has 0 radical (unpaired) electrons. The summed E-state index contributed by atoms with van der Waals surface area (Å²) in [5, 5.41) is 5.96. The molecule has 174 valence electrons. The Balaban J connectivity index is 1.09. The fourth-order valence-electron chi connectivity index (χ4n) is 4.99. The standard InChI is InChI=1S/C26H31N3O4/c30-24(18-29-15-11-19(12-16-29)25(31)28-20-7-3-1-4-8-20)27-21-9-10-22-23(17-21)33-26(32-22)13-5-2-6-14-26/h1,3-4,7-10,17,19H,2,5-6,11-16,18H2,(H,27,30)(H,28,31). The minimum atomic E-state index is -0.514. The van der Waals surface area contributed by atoms with E-state index >= 15 is 0 Å². The highest BCUT2D eigenvalue weighted by molar-refractivity contribution is 5.93. The van der Waals surface area contributed by atoms with Crippen molar-refractivity contribution in [2.45, 2.75) is 50.7 Å². The van der Waals surface area contributed by atoms with Gasteiger partial charge in [0.15, 0.2) is 11.5 Å². The lowest BCUT2D eigenvalue weighted by Gasteiger charge is -2.31. The maximum absolute atomic E-state index is 12.6. The van der Waals surface area contributed by atoms with Crippen molar-refractivity contribution in [1.29, 1.82) is 0 Å². The molecule has 2 amide bonds. The molecule has 3 aliphatic rings. The number of rotatable bonds is 5. The number of hydrogen-bond donors (Lipinski definition) is 2. The van der Waals surface area contributed by atoms with E-state index in [1.54, 1.807) is 0 Å². The van der Waals surface area contributed by atoms with Gasteiger partial charge in [-0.1, -0.05) is 24.6 Å². The Morgan fingerprint density at radius 2 is 1.61 bits per heavy atom. The first-order valence-corrected chi connectivity index (χ1v) is 12.0. The van der Waals surface area contributed by atoms with E-state index in [2.05, 4.69) is 15.5 Å². The van der Waals surface area contributed by atoms with Crippen molar-refractivity contribution in [1.82, 2.24) is 4.90 Å². The minimum Gasteiger partial charge on any atom is -0.448 e. The van der Waals surface area contributed by atoms with Crippen molar-refractivity contribution in [3.63, 3.8) is 0 Å². The SMILES string of the molecule is O=C(CN1CCC(C(=O)Nc2ccccc2)CC1)Nc1ccc2c(c1)OC1(CCCCC1)O2. The van der Waals surface area contributed by atoms with Crippen LogP contribution >= 0.6 is 0 Å². The quantitative estimate of drug-likeness (QED) is 0.707. The van der Waals surface area contributed by atoms with Crippen molar-refractivity contribution < 1.29 is 19.1 Å². The molecule has 1 saturated carbocycles. The molecule has 33 heavy (non-hydrogen) atoms. The molecule has 2 N–H and O–H groups in total. The van der Waals surface area contributed by atoms with E-state index in [0.29, 0.717) is 18.0 Å². The van der Waals surface area contributed by atoms with Crippen LogP contribution < -0.4 is 20.1 Å². The fraction of sp³-hybridized carbons (Fsp3) is 0.462. The number of ether oxygens (including phenoxy) is 2. The molecule has 1 saturated heterocycles. The summed E-state index contributed by atoms with van der Waals surface area (Å²) in [5.74, 6) is 0.923. The number of piperidine rings is 1. The van der Waals surface area contributed by atoms with E-state index in [9.17, 15) is 9.59 Å². The smallest absolute Gasteiger partial charge is 0.251 e. The third kappa shape index (κ3) is 5.14. The predicted molar refractivity (Wildman–Crippen MR) is 126 cm³/mol. The van der Waals surface area contributed by atoms with Crippen molar-refractivity contribution in [3.05, 3.63) is 48.5 Å². The van der Waals surface area contributed by atoms with Gasteiger partial charge in [-0.15, -0.1) is 0 Å². The van der Waals surface area contributed by atoms with Gasteiger partial charge in [0.05, 0.1) is 6.54 Å². The summed E-state index contributed by atoms with van der Waals surface area (Å²) in [4.78, 5) is 27.2. The topological polar surface area (TPSA) is 79.9 Å². The van der Waals surface area contributed by atoms with Crippen LogP contribution in [0.25, 0.3) is 0 Å². The van der Waals surface area contributed by atoms with E-state index < -0.39 is 5.79 Å². The van der Waals surface area contributed by atoms with E-state index in [1.807, 2.05) is 48.5 Å². The summed E-state index contributed by atoms with van der Waals surface area (Å²) in [7, 11) is 0. The lowest BCUT2D eigenvalue weighted by atomic mass is 9.94. The first-order valence-electron chi connectivity index (χ1n) is 12.0. The first kappa shape index (κ1) is 21.8. The number of likely N-dealkylation sites (tertiary alicyclic amines) is 1. The molecule has 0 bridgehead atoms. The van der Waals surface area contributed by atoms with E-state index in [-0.39, 0.29) is 17.7 Å². The Labute approximate surface area is 194 Å². The molecule has 0 aromatic heterocycles. The number of fused-ring (bicyclic) bond motifs is 1. The first-order chi connectivity index (χ1) is 16.1. The summed E-state index contributed by atoms with van der Waals surface area (Å²) < 4.78 is 12.3. The number of carbonyl (C=O) groups excluding carboxylic acids is 2. The van der Waals surface area contributed by atoms with Gasteiger partial charge in [0.1, 0.15) is 0 Å². The highest BCUT2D eigenvalue weighted by Crippen LogP contribution is 2.46. The summed E-state index contributed by atoms with van der Waals surface area (Å²) >= 11 is 0. The molecule has 7 heteroatoms. The van der Waals surface area contributed by atoms with E-state index in [4.69, 9.17) is 9.47 Å². The number of benzene rings is 2. The Kier molecular flexibility index (Phi) is 6.22. The number of anilines is 2. The third-order valence-corrected chi connectivity index (χ3v) is 6.80. The highest BCUT2D eigenvalue weighted by Gasteiger charge is 2.42. The average Bonchev–Trinajstić information content (AvgIpc) is 3.17. The van der Waals surface area contributed by atoms with E-state index in [0.717, 1.165) is 63.1 Å². The van der Waals surface area contributed by atoms with Crippen LogP contribution in [0.3, 0.4) is 0 Å². The molecule has 5 rings (SSSR count). The van der Waals surface area contributed by atoms with Crippen LogP contribution in [0.2, 0.25) is 0 Å². The van der Waals surface area contributed by atoms with Gasteiger partial charge in [-0.3, -0.25) is 14.5 Å². The van der Waals surface area contributed by atoms with Gasteiger partial charge in [0.2, 0.25) is 11.8 Å². The second kappa shape index (κ2) is 9.43. The molecule has 1 aliphatic carbocycles. The summed E-state index contributed by atoms with van der Waals surface area (Å²) in [6.45, 7) is 1.76. The van der Waals surface area contributed by atoms with Crippen LogP contribution in [0.4, 0.5) is 11.4 Å². The molecule has 2 aromatic rings. The number of para-hydroxylation sites is 1. The van der Waals surface area contributed by atoms with Gasteiger partial charge >= 0.3 is 0 Å². The minimum absolute atomic E-state index is 0.0227. The van der Waals surface area contributed by atoms with Gasteiger partial charge in [-0.25, -0.2) is 0 Å². The Morgan fingerprint density at radius 3 is 2.36 bits per heavy atom. The third-order valence-electron chi connectivity index (χ3n) is 6.80. The number of amides is 2. The number of hydrogen-bond acceptors (Lipinski definition) is 5. The lowest BCUT2D eigenvalue weighted by Crippen LogP contribution is -2.41. The summed E-state index contributed by atoms with van der Waals surface area (Å²) in [6, 6.07) is 15.1. The molecular formula is C26H31N3O4. The molecule has 0 atom stereocenters. The van der Waals surface area contributed by atoms with Crippen LogP contribution in [0.5, 0.6) is 11.5 Å². The van der Waals surface area contributed by atoms with Gasteiger partial charge in [0.25, 0.3) is 5.79 Å². The molecule has 7 nitrogen and oxygen atoms in total. The zero-order chi connectivity index (χ0) is 22.7. The Bertz CT molecular complexity index is 996. The second-order valence-electron chi connectivity index (χ2n) is 9.29. The molecular weight excluding hydrogens is 418 g/mol. The Hall–Kier alpha value is -3.06. The normalized spacial score (nSPS) is 19.9. The largest absolute Gasteiger partial charge is 0.448 e. The number of carbonyl (C=O) groups is 2. The molecule has 2 aromatic carbocycles. The van der Waals surface area contributed by atoms with Gasteiger partial charge in [-0.05, 0) is 63.0 Å². The number of nitrogens with zero attached hydrogens (tertiary/aromatic N) is 1. The van der Waals surface area contributed by atoms with Crippen LogP contribution in [-0.2, 0) is 9.59 Å². The van der Waals surface area contributed by atoms with Crippen LogP contribution in [0.15, 0.2) is 48.5 Å².